The molecule has 0 atom stereocenters. The number of hydrogen-bond donors (Lipinski definition) is 0. The monoisotopic (exact) mass is 277 g/mol. The summed E-state index contributed by atoms with van der Waals surface area (Å²) in [4.78, 5) is 16.1. The van der Waals surface area contributed by atoms with Gasteiger partial charge < -0.3 is 4.90 Å². The lowest BCUT2D eigenvalue weighted by Crippen LogP contribution is -2.49. The third-order valence-electron chi connectivity index (χ3n) is 3.26. The van der Waals surface area contributed by atoms with Crippen molar-refractivity contribution in [2.24, 2.45) is 0 Å². The highest BCUT2D eigenvalue weighted by molar-refractivity contribution is 6.30. The molecule has 1 aromatic rings. The van der Waals surface area contributed by atoms with Gasteiger partial charge in [0.2, 0.25) is 5.91 Å². The highest BCUT2D eigenvalue weighted by Gasteiger charge is 2.20. The van der Waals surface area contributed by atoms with E-state index in [0.717, 1.165) is 18.7 Å². The van der Waals surface area contributed by atoms with Crippen LogP contribution < -0.4 is 0 Å². The fourth-order valence-corrected chi connectivity index (χ4v) is 2.40. The lowest BCUT2D eigenvalue weighted by Gasteiger charge is -2.33. The molecule has 1 aromatic carbocycles. The number of amides is 1. The van der Waals surface area contributed by atoms with E-state index >= 15 is 0 Å². The van der Waals surface area contributed by atoms with Crippen LogP contribution >= 0.6 is 11.6 Å². The number of hydrogen-bond acceptors (Lipinski definition) is 3. The van der Waals surface area contributed by atoms with Crippen molar-refractivity contribution in [2.75, 3.05) is 32.7 Å². The Bertz CT molecular complexity index is 490. The molecule has 0 spiro atoms. The van der Waals surface area contributed by atoms with Gasteiger partial charge in [-0.05, 0) is 17.7 Å². The Hall–Kier alpha value is -1.57. The lowest BCUT2D eigenvalue weighted by molar-refractivity contribution is -0.132. The smallest absolute Gasteiger partial charge is 0.227 e. The van der Waals surface area contributed by atoms with E-state index in [1.165, 1.54) is 0 Å². The van der Waals surface area contributed by atoms with Crippen LogP contribution in [-0.4, -0.2) is 48.4 Å². The molecule has 0 unspecified atom stereocenters. The van der Waals surface area contributed by atoms with Crippen LogP contribution in [0.4, 0.5) is 0 Å². The fraction of sp³-hybridized carbons (Fsp3) is 0.429. The molecular formula is C14H16ClN3O. The van der Waals surface area contributed by atoms with Crippen LogP contribution in [0.3, 0.4) is 0 Å². The summed E-state index contributed by atoms with van der Waals surface area (Å²) < 4.78 is 0. The molecule has 100 valence electrons. The van der Waals surface area contributed by atoms with Gasteiger partial charge in [0.15, 0.2) is 0 Å². The number of nitrogens with zero attached hydrogens (tertiary/aromatic N) is 3. The summed E-state index contributed by atoms with van der Waals surface area (Å²) in [7, 11) is 0. The summed E-state index contributed by atoms with van der Waals surface area (Å²) in [6, 6.07) is 9.53. The second-order valence-corrected chi connectivity index (χ2v) is 5.06. The van der Waals surface area contributed by atoms with Crippen LogP contribution in [0.1, 0.15) is 5.56 Å². The number of rotatable bonds is 3. The summed E-state index contributed by atoms with van der Waals surface area (Å²) in [6.07, 6.45) is 0.388. The van der Waals surface area contributed by atoms with Gasteiger partial charge in [0.25, 0.3) is 0 Å². The van der Waals surface area contributed by atoms with E-state index in [4.69, 9.17) is 16.9 Å². The zero-order chi connectivity index (χ0) is 13.7. The van der Waals surface area contributed by atoms with E-state index in [0.29, 0.717) is 31.1 Å². The molecule has 1 aliphatic rings. The van der Waals surface area contributed by atoms with E-state index in [9.17, 15) is 4.79 Å². The van der Waals surface area contributed by atoms with E-state index in [1.807, 2.05) is 23.1 Å². The highest BCUT2D eigenvalue weighted by Crippen LogP contribution is 2.12. The maximum atomic E-state index is 12.1. The third kappa shape index (κ3) is 3.95. The van der Waals surface area contributed by atoms with Crippen LogP contribution in [0, 0.1) is 11.3 Å². The zero-order valence-electron chi connectivity index (χ0n) is 10.7. The summed E-state index contributed by atoms with van der Waals surface area (Å²) in [5, 5.41) is 9.29. The SMILES string of the molecule is N#CCN1CCN(C(=O)Cc2cccc(Cl)c2)CC1. The molecule has 19 heavy (non-hydrogen) atoms. The van der Waals surface area contributed by atoms with Crippen molar-refractivity contribution in [3.05, 3.63) is 34.9 Å². The third-order valence-corrected chi connectivity index (χ3v) is 3.50. The molecule has 1 fully saturated rings. The largest absolute Gasteiger partial charge is 0.340 e. The number of benzene rings is 1. The standard InChI is InChI=1S/C14H16ClN3O/c15-13-3-1-2-12(10-13)11-14(19)18-8-6-17(5-4-16)7-9-18/h1-3,10H,5-9,11H2. The average molecular weight is 278 g/mol. The Labute approximate surface area is 118 Å². The van der Waals surface area contributed by atoms with Crippen LogP contribution in [-0.2, 0) is 11.2 Å². The van der Waals surface area contributed by atoms with E-state index in [-0.39, 0.29) is 5.91 Å². The van der Waals surface area contributed by atoms with Crippen molar-refractivity contribution < 1.29 is 4.79 Å². The Morgan fingerprint density at radius 3 is 2.68 bits per heavy atom. The molecule has 1 amide bonds. The molecule has 0 aromatic heterocycles. The average Bonchev–Trinajstić information content (AvgIpc) is 2.40. The molecule has 0 N–H and O–H groups in total. The maximum absolute atomic E-state index is 12.1. The van der Waals surface area contributed by atoms with Gasteiger partial charge in [-0.2, -0.15) is 5.26 Å². The molecule has 0 radical (unpaired) electrons. The number of halogens is 1. The molecule has 1 saturated heterocycles. The minimum Gasteiger partial charge on any atom is -0.340 e. The first-order valence-electron chi connectivity index (χ1n) is 6.30. The van der Waals surface area contributed by atoms with Crippen molar-refractivity contribution in [3.63, 3.8) is 0 Å². The van der Waals surface area contributed by atoms with Gasteiger partial charge in [-0.25, -0.2) is 0 Å². The molecule has 1 heterocycles. The molecular weight excluding hydrogens is 262 g/mol. The lowest BCUT2D eigenvalue weighted by atomic mass is 10.1. The number of nitriles is 1. The number of carbonyl (C=O) groups is 1. The van der Waals surface area contributed by atoms with Crippen LogP contribution in [0.15, 0.2) is 24.3 Å². The number of piperazine rings is 1. The fourth-order valence-electron chi connectivity index (χ4n) is 2.19. The normalized spacial score (nSPS) is 16.1. The van der Waals surface area contributed by atoms with Gasteiger partial charge in [-0.1, -0.05) is 23.7 Å². The van der Waals surface area contributed by atoms with Crippen molar-refractivity contribution in [3.8, 4) is 6.07 Å². The summed E-state index contributed by atoms with van der Waals surface area (Å²) in [6.45, 7) is 3.38. The quantitative estimate of drug-likeness (QED) is 0.788. The van der Waals surface area contributed by atoms with E-state index < -0.39 is 0 Å². The minimum atomic E-state index is 0.124. The van der Waals surface area contributed by atoms with Gasteiger partial charge >= 0.3 is 0 Å². The molecule has 0 bridgehead atoms. The molecule has 2 rings (SSSR count). The molecule has 1 aliphatic heterocycles. The van der Waals surface area contributed by atoms with E-state index in [2.05, 4.69) is 11.0 Å². The maximum Gasteiger partial charge on any atom is 0.227 e. The van der Waals surface area contributed by atoms with Crippen molar-refractivity contribution in [1.29, 1.82) is 5.26 Å². The second-order valence-electron chi connectivity index (χ2n) is 4.62. The van der Waals surface area contributed by atoms with Crippen molar-refractivity contribution >= 4 is 17.5 Å². The van der Waals surface area contributed by atoms with Crippen molar-refractivity contribution in [1.82, 2.24) is 9.80 Å². The van der Waals surface area contributed by atoms with Crippen LogP contribution in [0.2, 0.25) is 5.02 Å². The van der Waals surface area contributed by atoms with Gasteiger partial charge in [0.1, 0.15) is 0 Å². The molecule has 4 nitrogen and oxygen atoms in total. The van der Waals surface area contributed by atoms with Crippen LogP contribution in [0.5, 0.6) is 0 Å². The first-order valence-corrected chi connectivity index (χ1v) is 6.68. The first-order chi connectivity index (χ1) is 9.19. The summed E-state index contributed by atoms with van der Waals surface area (Å²) in [5.41, 5.74) is 0.942. The summed E-state index contributed by atoms with van der Waals surface area (Å²) in [5.74, 6) is 0.124. The van der Waals surface area contributed by atoms with Gasteiger partial charge in [0, 0.05) is 31.2 Å². The molecule has 0 aliphatic carbocycles. The highest BCUT2D eigenvalue weighted by atomic mass is 35.5. The Kier molecular flexibility index (Phi) is 4.78. The minimum absolute atomic E-state index is 0.124. The molecule has 0 saturated carbocycles. The van der Waals surface area contributed by atoms with Gasteiger partial charge in [0.05, 0.1) is 19.0 Å². The van der Waals surface area contributed by atoms with E-state index in [1.54, 1.807) is 6.07 Å². The Morgan fingerprint density at radius 2 is 2.05 bits per heavy atom. The summed E-state index contributed by atoms with van der Waals surface area (Å²) >= 11 is 5.91. The van der Waals surface area contributed by atoms with Crippen molar-refractivity contribution in [2.45, 2.75) is 6.42 Å². The topological polar surface area (TPSA) is 47.3 Å². The van der Waals surface area contributed by atoms with Gasteiger partial charge in [-0.15, -0.1) is 0 Å². The number of carbonyl (C=O) groups excluding carboxylic acids is 1. The first kappa shape index (κ1) is 13.9. The Balaban J connectivity index is 1.86. The van der Waals surface area contributed by atoms with Gasteiger partial charge in [-0.3, -0.25) is 9.69 Å². The second kappa shape index (κ2) is 6.55. The predicted molar refractivity (Wildman–Crippen MR) is 73.8 cm³/mol. The Morgan fingerprint density at radius 1 is 1.32 bits per heavy atom. The van der Waals surface area contributed by atoms with Crippen LogP contribution in [0.25, 0.3) is 0 Å². The predicted octanol–water partition coefficient (Wildman–Crippen LogP) is 1.55. The molecule has 5 heteroatoms. The zero-order valence-corrected chi connectivity index (χ0v) is 11.4.